The van der Waals surface area contributed by atoms with E-state index in [4.69, 9.17) is 9.72 Å². The van der Waals surface area contributed by atoms with Crippen molar-refractivity contribution in [3.63, 3.8) is 0 Å². The van der Waals surface area contributed by atoms with Crippen LogP contribution in [0.25, 0.3) is 10.2 Å². The molecule has 0 atom stereocenters. The molecule has 0 saturated carbocycles. The average Bonchev–Trinajstić information content (AvgIpc) is 3.19. The van der Waals surface area contributed by atoms with Gasteiger partial charge in [0.25, 0.3) is 5.91 Å². The number of nitrogens with zero attached hydrogens (tertiary/aromatic N) is 3. The van der Waals surface area contributed by atoms with Gasteiger partial charge in [0.1, 0.15) is 0 Å². The molecule has 4 rings (SSSR count). The number of thiazole rings is 1. The van der Waals surface area contributed by atoms with Gasteiger partial charge >= 0.3 is 5.97 Å². The largest absolute Gasteiger partial charge is 0.465 e. The Bertz CT molecular complexity index is 1210. The Balaban J connectivity index is 1.74. The minimum absolute atomic E-state index is 0.213. The highest BCUT2D eigenvalue weighted by Crippen LogP contribution is 2.32. The number of ether oxygens (including phenoxy) is 1. The number of pyridine rings is 1. The molecule has 31 heavy (non-hydrogen) atoms. The second-order valence-electron chi connectivity index (χ2n) is 7.18. The van der Waals surface area contributed by atoms with Crippen LogP contribution >= 0.6 is 11.3 Å². The first-order valence-electron chi connectivity index (χ1n) is 9.74. The molecular weight excluding hydrogens is 410 g/mol. The van der Waals surface area contributed by atoms with Crippen LogP contribution in [0.1, 0.15) is 37.5 Å². The molecule has 0 aliphatic rings. The van der Waals surface area contributed by atoms with E-state index in [1.807, 2.05) is 31.2 Å². The predicted octanol–water partition coefficient (Wildman–Crippen LogP) is 4.94. The first-order valence-corrected chi connectivity index (χ1v) is 10.6. The van der Waals surface area contributed by atoms with E-state index in [0.29, 0.717) is 16.3 Å². The van der Waals surface area contributed by atoms with Crippen molar-refractivity contribution in [2.45, 2.75) is 20.4 Å². The number of anilines is 1. The third-order valence-electron chi connectivity index (χ3n) is 5.07. The van der Waals surface area contributed by atoms with Crippen LogP contribution in [0.15, 0.2) is 60.8 Å². The van der Waals surface area contributed by atoms with Crippen LogP contribution in [0.4, 0.5) is 5.13 Å². The Kier molecular flexibility index (Phi) is 5.77. The Morgan fingerprint density at radius 3 is 2.39 bits per heavy atom. The van der Waals surface area contributed by atoms with Crippen molar-refractivity contribution < 1.29 is 14.3 Å². The van der Waals surface area contributed by atoms with Gasteiger partial charge in [-0.15, -0.1) is 0 Å². The molecule has 0 spiro atoms. The van der Waals surface area contributed by atoms with E-state index in [1.165, 1.54) is 24.0 Å². The molecule has 1 amide bonds. The number of methoxy groups -OCH3 is 1. The van der Waals surface area contributed by atoms with Crippen LogP contribution in [0.5, 0.6) is 0 Å². The fraction of sp³-hybridized carbons (Fsp3) is 0.167. The summed E-state index contributed by atoms with van der Waals surface area (Å²) >= 11 is 1.47. The Morgan fingerprint density at radius 2 is 1.71 bits per heavy atom. The molecule has 0 saturated heterocycles. The van der Waals surface area contributed by atoms with Crippen LogP contribution in [-0.2, 0) is 11.3 Å². The summed E-state index contributed by atoms with van der Waals surface area (Å²) in [5, 5.41) is 0.604. The van der Waals surface area contributed by atoms with Crippen LogP contribution in [-0.4, -0.2) is 29.0 Å². The zero-order valence-corrected chi connectivity index (χ0v) is 18.3. The number of aryl methyl sites for hydroxylation is 2. The van der Waals surface area contributed by atoms with E-state index in [1.54, 1.807) is 35.4 Å². The van der Waals surface area contributed by atoms with Gasteiger partial charge in [0.05, 0.1) is 35.1 Å². The molecule has 6 nitrogen and oxygen atoms in total. The molecule has 2 heterocycles. The lowest BCUT2D eigenvalue weighted by atomic mass is 10.1. The number of carbonyl (C=O) groups excluding carboxylic acids is 2. The standard InChI is InChI=1S/C24H21N3O3S/c1-15-12-20-21(13-16(15)2)31-24(26-20)27(14-19-6-4-5-11-25-19)22(28)17-7-9-18(10-8-17)23(29)30-3/h4-13H,14H2,1-3H3. The van der Waals surface area contributed by atoms with Crippen molar-refractivity contribution in [1.82, 2.24) is 9.97 Å². The highest BCUT2D eigenvalue weighted by atomic mass is 32.1. The van der Waals surface area contributed by atoms with Crippen LogP contribution < -0.4 is 4.90 Å². The molecule has 7 heteroatoms. The molecule has 2 aromatic heterocycles. The van der Waals surface area contributed by atoms with Crippen LogP contribution in [0.3, 0.4) is 0 Å². The van der Waals surface area contributed by atoms with Gasteiger partial charge in [-0.1, -0.05) is 17.4 Å². The van der Waals surface area contributed by atoms with E-state index < -0.39 is 5.97 Å². The molecular formula is C24H21N3O3S. The quantitative estimate of drug-likeness (QED) is 0.419. The summed E-state index contributed by atoms with van der Waals surface area (Å²) < 4.78 is 5.76. The van der Waals surface area contributed by atoms with E-state index in [9.17, 15) is 9.59 Å². The van der Waals surface area contributed by atoms with Crippen molar-refractivity contribution >= 4 is 38.6 Å². The Morgan fingerprint density at radius 1 is 1.00 bits per heavy atom. The maximum Gasteiger partial charge on any atom is 0.337 e. The number of amides is 1. The van der Waals surface area contributed by atoms with Gasteiger partial charge in [-0.25, -0.2) is 9.78 Å². The van der Waals surface area contributed by atoms with Gasteiger partial charge in [-0.2, -0.15) is 0 Å². The zero-order chi connectivity index (χ0) is 22.0. The Hall–Kier alpha value is -3.58. The Labute approximate surface area is 184 Å². The first-order chi connectivity index (χ1) is 15.0. The number of rotatable bonds is 5. The monoisotopic (exact) mass is 431 g/mol. The fourth-order valence-corrected chi connectivity index (χ4v) is 4.23. The lowest BCUT2D eigenvalue weighted by molar-refractivity contribution is 0.0600. The summed E-state index contributed by atoms with van der Waals surface area (Å²) in [6.45, 7) is 4.40. The molecule has 4 aromatic rings. The highest BCUT2D eigenvalue weighted by molar-refractivity contribution is 7.22. The molecule has 0 aliphatic heterocycles. The van der Waals surface area contributed by atoms with Crippen molar-refractivity contribution in [3.05, 3.63) is 88.7 Å². The van der Waals surface area contributed by atoms with Crippen molar-refractivity contribution in [2.24, 2.45) is 0 Å². The summed E-state index contributed by atoms with van der Waals surface area (Å²) in [5.41, 5.74) is 4.81. The van der Waals surface area contributed by atoms with Gasteiger partial charge in [-0.05, 0) is 73.5 Å². The minimum Gasteiger partial charge on any atom is -0.465 e. The van der Waals surface area contributed by atoms with Crippen molar-refractivity contribution in [3.8, 4) is 0 Å². The third-order valence-corrected chi connectivity index (χ3v) is 6.11. The predicted molar refractivity (Wildman–Crippen MR) is 122 cm³/mol. The summed E-state index contributed by atoms with van der Waals surface area (Å²) in [7, 11) is 1.33. The number of hydrogen-bond donors (Lipinski definition) is 0. The lowest BCUT2D eigenvalue weighted by Gasteiger charge is -2.19. The highest BCUT2D eigenvalue weighted by Gasteiger charge is 2.23. The third kappa shape index (κ3) is 4.32. The van der Waals surface area contributed by atoms with Crippen LogP contribution in [0, 0.1) is 13.8 Å². The second-order valence-corrected chi connectivity index (χ2v) is 8.19. The van der Waals surface area contributed by atoms with Gasteiger partial charge in [0.2, 0.25) is 0 Å². The summed E-state index contributed by atoms with van der Waals surface area (Å²) in [6.07, 6.45) is 1.70. The molecule has 0 aliphatic carbocycles. The van der Waals surface area contributed by atoms with E-state index >= 15 is 0 Å². The fourth-order valence-electron chi connectivity index (χ4n) is 3.19. The van der Waals surface area contributed by atoms with Crippen molar-refractivity contribution in [1.29, 1.82) is 0 Å². The van der Waals surface area contributed by atoms with Gasteiger partial charge in [-0.3, -0.25) is 14.7 Å². The number of aromatic nitrogens is 2. The molecule has 2 aromatic carbocycles. The van der Waals surface area contributed by atoms with E-state index in [2.05, 4.69) is 18.0 Å². The first kappa shape index (κ1) is 20.7. The number of hydrogen-bond acceptors (Lipinski definition) is 6. The summed E-state index contributed by atoms with van der Waals surface area (Å²) in [6, 6.07) is 16.2. The summed E-state index contributed by atoms with van der Waals surface area (Å²) in [5.74, 6) is -0.657. The van der Waals surface area contributed by atoms with Gasteiger partial charge < -0.3 is 4.74 Å². The molecule has 0 bridgehead atoms. The van der Waals surface area contributed by atoms with Gasteiger partial charge in [0, 0.05) is 11.8 Å². The lowest BCUT2D eigenvalue weighted by Crippen LogP contribution is -2.30. The maximum atomic E-state index is 13.5. The number of esters is 1. The number of carbonyl (C=O) groups is 2. The number of benzene rings is 2. The zero-order valence-electron chi connectivity index (χ0n) is 17.5. The summed E-state index contributed by atoms with van der Waals surface area (Å²) in [4.78, 5) is 35.9. The van der Waals surface area contributed by atoms with Gasteiger partial charge in [0.15, 0.2) is 5.13 Å². The second kappa shape index (κ2) is 8.65. The topological polar surface area (TPSA) is 72.4 Å². The molecule has 0 radical (unpaired) electrons. The maximum absolute atomic E-state index is 13.5. The normalized spacial score (nSPS) is 10.8. The molecule has 156 valence electrons. The van der Waals surface area contributed by atoms with E-state index in [0.717, 1.165) is 21.5 Å². The minimum atomic E-state index is -0.443. The SMILES string of the molecule is COC(=O)c1ccc(C(=O)N(Cc2ccccn2)c2nc3cc(C)c(C)cc3s2)cc1. The number of fused-ring (bicyclic) bond motifs is 1. The molecule has 0 N–H and O–H groups in total. The smallest absolute Gasteiger partial charge is 0.337 e. The van der Waals surface area contributed by atoms with E-state index in [-0.39, 0.29) is 12.5 Å². The average molecular weight is 432 g/mol. The molecule has 0 fully saturated rings. The van der Waals surface area contributed by atoms with Crippen molar-refractivity contribution in [2.75, 3.05) is 12.0 Å². The molecule has 0 unspecified atom stereocenters. The van der Waals surface area contributed by atoms with Crippen LogP contribution in [0.2, 0.25) is 0 Å².